The molecular formula is C20H22N2O3S. The molecule has 0 atom stereocenters. The number of carbonyl (C=O) groups excluding carboxylic acids is 3. The number of carbonyl (C=O) groups is 3. The maximum absolute atomic E-state index is 12.5. The van der Waals surface area contributed by atoms with Gasteiger partial charge in [0.05, 0.1) is 4.88 Å². The number of nitrogens with zero attached hydrogens (tertiary/aromatic N) is 2. The average molecular weight is 370 g/mol. The van der Waals surface area contributed by atoms with Crippen molar-refractivity contribution in [3.63, 3.8) is 0 Å². The standard InChI is InChI=1S/C20H22N2O3S/c1-15-4-6-16(7-5-15)20(25)22-12-10-21(11-13-22)19(24)9-8-17(23)18-3-2-14-26-18/h2-7,14H,8-13H2,1H3. The van der Waals surface area contributed by atoms with E-state index in [9.17, 15) is 14.4 Å². The van der Waals surface area contributed by atoms with Crippen molar-refractivity contribution in [2.75, 3.05) is 26.2 Å². The molecule has 3 rings (SSSR count). The fourth-order valence-electron chi connectivity index (χ4n) is 2.98. The zero-order chi connectivity index (χ0) is 18.5. The van der Waals surface area contributed by atoms with Crippen molar-refractivity contribution in [3.8, 4) is 0 Å². The third-order valence-electron chi connectivity index (χ3n) is 4.58. The van der Waals surface area contributed by atoms with Crippen LogP contribution in [0.1, 0.15) is 38.4 Å². The van der Waals surface area contributed by atoms with E-state index in [1.165, 1.54) is 11.3 Å². The van der Waals surface area contributed by atoms with Crippen molar-refractivity contribution in [1.29, 1.82) is 0 Å². The Labute approximate surface area is 157 Å². The van der Waals surface area contributed by atoms with E-state index in [1.54, 1.807) is 15.9 Å². The molecule has 136 valence electrons. The normalized spacial score (nSPS) is 14.3. The molecule has 1 fully saturated rings. The molecule has 0 bridgehead atoms. The van der Waals surface area contributed by atoms with Crippen LogP contribution < -0.4 is 0 Å². The molecule has 1 saturated heterocycles. The third kappa shape index (κ3) is 4.38. The van der Waals surface area contributed by atoms with E-state index in [1.807, 2.05) is 42.6 Å². The summed E-state index contributed by atoms with van der Waals surface area (Å²) in [7, 11) is 0. The molecule has 0 radical (unpaired) electrons. The molecule has 0 spiro atoms. The number of hydrogen-bond acceptors (Lipinski definition) is 4. The predicted octanol–water partition coefficient (Wildman–Crippen LogP) is 3.00. The van der Waals surface area contributed by atoms with Crippen LogP contribution in [0.3, 0.4) is 0 Å². The van der Waals surface area contributed by atoms with Gasteiger partial charge in [-0.05, 0) is 30.5 Å². The summed E-state index contributed by atoms with van der Waals surface area (Å²) in [4.78, 5) is 41.1. The van der Waals surface area contributed by atoms with Crippen molar-refractivity contribution < 1.29 is 14.4 Å². The highest BCUT2D eigenvalue weighted by Gasteiger charge is 2.25. The Kier molecular flexibility index (Phi) is 5.83. The molecule has 26 heavy (non-hydrogen) atoms. The van der Waals surface area contributed by atoms with Crippen molar-refractivity contribution in [3.05, 3.63) is 57.8 Å². The number of benzene rings is 1. The first-order valence-electron chi connectivity index (χ1n) is 8.75. The Hall–Kier alpha value is -2.47. The highest BCUT2D eigenvalue weighted by molar-refractivity contribution is 7.12. The number of rotatable bonds is 5. The Balaban J connectivity index is 1.47. The van der Waals surface area contributed by atoms with Crippen LogP contribution in [-0.2, 0) is 4.79 Å². The third-order valence-corrected chi connectivity index (χ3v) is 5.49. The highest BCUT2D eigenvalue weighted by atomic mass is 32.1. The molecule has 0 unspecified atom stereocenters. The summed E-state index contributed by atoms with van der Waals surface area (Å²) in [6, 6.07) is 11.2. The Morgan fingerprint density at radius 3 is 2.19 bits per heavy atom. The quantitative estimate of drug-likeness (QED) is 0.760. The lowest BCUT2D eigenvalue weighted by Crippen LogP contribution is -2.50. The summed E-state index contributed by atoms with van der Waals surface area (Å²) < 4.78 is 0. The smallest absolute Gasteiger partial charge is 0.253 e. The summed E-state index contributed by atoms with van der Waals surface area (Å²) in [5.74, 6) is 0.00356. The molecule has 0 saturated carbocycles. The molecule has 0 aliphatic carbocycles. The average Bonchev–Trinajstić information content (AvgIpc) is 3.21. The highest BCUT2D eigenvalue weighted by Crippen LogP contribution is 2.14. The molecular weight excluding hydrogens is 348 g/mol. The molecule has 5 nitrogen and oxygen atoms in total. The fourth-order valence-corrected chi connectivity index (χ4v) is 3.67. The Morgan fingerprint density at radius 1 is 0.923 bits per heavy atom. The lowest BCUT2D eigenvalue weighted by atomic mass is 10.1. The van der Waals surface area contributed by atoms with Gasteiger partial charge in [-0.25, -0.2) is 0 Å². The van der Waals surface area contributed by atoms with Gasteiger partial charge in [-0.2, -0.15) is 0 Å². The minimum absolute atomic E-state index is 0.00460. The van der Waals surface area contributed by atoms with Crippen molar-refractivity contribution in [1.82, 2.24) is 9.80 Å². The van der Waals surface area contributed by atoms with Crippen LogP contribution in [-0.4, -0.2) is 53.6 Å². The summed E-state index contributed by atoms with van der Waals surface area (Å²) in [5.41, 5.74) is 1.80. The lowest BCUT2D eigenvalue weighted by molar-refractivity contribution is -0.132. The second-order valence-corrected chi connectivity index (χ2v) is 7.39. The number of hydrogen-bond donors (Lipinski definition) is 0. The van der Waals surface area contributed by atoms with E-state index in [-0.39, 0.29) is 30.4 Å². The molecule has 0 N–H and O–H groups in total. The van der Waals surface area contributed by atoms with Crippen molar-refractivity contribution in [2.45, 2.75) is 19.8 Å². The molecule has 1 aromatic carbocycles. The van der Waals surface area contributed by atoms with E-state index in [2.05, 4.69) is 0 Å². The zero-order valence-corrected chi connectivity index (χ0v) is 15.6. The van der Waals surface area contributed by atoms with Gasteiger partial charge in [0.25, 0.3) is 5.91 Å². The topological polar surface area (TPSA) is 57.7 Å². The predicted molar refractivity (Wildman–Crippen MR) is 102 cm³/mol. The van der Waals surface area contributed by atoms with Gasteiger partial charge in [-0.15, -0.1) is 11.3 Å². The molecule has 2 aromatic rings. The number of aryl methyl sites for hydroxylation is 1. The van der Waals surface area contributed by atoms with E-state index in [4.69, 9.17) is 0 Å². The number of amides is 2. The summed E-state index contributed by atoms with van der Waals surface area (Å²) in [5, 5.41) is 1.86. The van der Waals surface area contributed by atoms with E-state index in [0.29, 0.717) is 36.6 Å². The van der Waals surface area contributed by atoms with Gasteiger partial charge >= 0.3 is 0 Å². The molecule has 1 aromatic heterocycles. The van der Waals surface area contributed by atoms with Crippen molar-refractivity contribution >= 4 is 28.9 Å². The van der Waals surface area contributed by atoms with E-state index >= 15 is 0 Å². The molecule has 2 amide bonds. The van der Waals surface area contributed by atoms with Crippen LogP contribution in [0.5, 0.6) is 0 Å². The second-order valence-electron chi connectivity index (χ2n) is 6.44. The maximum Gasteiger partial charge on any atom is 0.253 e. The van der Waals surface area contributed by atoms with Crippen LogP contribution in [0.25, 0.3) is 0 Å². The van der Waals surface area contributed by atoms with Gasteiger partial charge in [-0.1, -0.05) is 23.8 Å². The monoisotopic (exact) mass is 370 g/mol. The number of Topliss-reactive ketones (excluding diaryl/α,β-unsaturated/α-hetero) is 1. The van der Waals surface area contributed by atoms with Gasteiger partial charge in [0.2, 0.25) is 5.91 Å². The number of ketones is 1. The first-order valence-corrected chi connectivity index (χ1v) is 9.63. The van der Waals surface area contributed by atoms with Crippen LogP contribution in [0.4, 0.5) is 0 Å². The summed E-state index contributed by atoms with van der Waals surface area (Å²) in [6.45, 7) is 4.07. The first-order chi connectivity index (χ1) is 12.5. The maximum atomic E-state index is 12.5. The first kappa shape index (κ1) is 18.3. The SMILES string of the molecule is Cc1ccc(C(=O)N2CCN(C(=O)CCC(=O)c3cccs3)CC2)cc1. The van der Waals surface area contributed by atoms with E-state index in [0.717, 1.165) is 5.56 Å². The van der Waals surface area contributed by atoms with Gasteiger partial charge in [-0.3, -0.25) is 14.4 Å². The minimum Gasteiger partial charge on any atom is -0.339 e. The number of piperazine rings is 1. The van der Waals surface area contributed by atoms with Gasteiger partial charge in [0.15, 0.2) is 5.78 Å². The van der Waals surface area contributed by atoms with Crippen LogP contribution in [0, 0.1) is 6.92 Å². The fraction of sp³-hybridized carbons (Fsp3) is 0.350. The van der Waals surface area contributed by atoms with Crippen LogP contribution in [0.15, 0.2) is 41.8 Å². The van der Waals surface area contributed by atoms with Gasteiger partial charge < -0.3 is 9.80 Å². The van der Waals surface area contributed by atoms with Crippen LogP contribution in [0.2, 0.25) is 0 Å². The second kappa shape index (κ2) is 8.27. The summed E-state index contributed by atoms with van der Waals surface area (Å²) in [6.07, 6.45) is 0.463. The van der Waals surface area contributed by atoms with Gasteiger partial charge in [0.1, 0.15) is 0 Å². The summed E-state index contributed by atoms with van der Waals surface area (Å²) >= 11 is 1.40. The zero-order valence-electron chi connectivity index (χ0n) is 14.8. The van der Waals surface area contributed by atoms with Crippen LogP contribution >= 0.6 is 11.3 Å². The molecule has 2 heterocycles. The Morgan fingerprint density at radius 2 is 1.58 bits per heavy atom. The van der Waals surface area contributed by atoms with Gasteiger partial charge in [0, 0.05) is 44.6 Å². The number of thiophene rings is 1. The van der Waals surface area contributed by atoms with E-state index < -0.39 is 0 Å². The molecule has 1 aliphatic heterocycles. The van der Waals surface area contributed by atoms with Crippen molar-refractivity contribution in [2.24, 2.45) is 0 Å². The lowest BCUT2D eigenvalue weighted by Gasteiger charge is -2.35. The largest absolute Gasteiger partial charge is 0.339 e. The molecule has 6 heteroatoms. The Bertz CT molecular complexity index is 776. The molecule has 1 aliphatic rings. The minimum atomic E-state index is -0.0164.